The van der Waals surface area contributed by atoms with Gasteiger partial charge in [-0.05, 0) is 24.3 Å². The zero-order chi connectivity index (χ0) is 14.2. The lowest BCUT2D eigenvalue weighted by Gasteiger charge is -2.06. The summed E-state index contributed by atoms with van der Waals surface area (Å²) in [7, 11) is 0. The summed E-state index contributed by atoms with van der Waals surface area (Å²) in [5, 5.41) is 4.49. The maximum atomic E-state index is 6.08. The highest BCUT2D eigenvalue weighted by Gasteiger charge is 2.08. The SMILES string of the molecule is Clc1nc(Nc2ccc3ncccc3c2)nc2[nH]cnc12. The van der Waals surface area contributed by atoms with Crippen molar-refractivity contribution in [3.05, 3.63) is 48.0 Å². The van der Waals surface area contributed by atoms with Crippen LogP contribution in [0.3, 0.4) is 0 Å². The number of benzene rings is 1. The number of rotatable bonds is 2. The van der Waals surface area contributed by atoms with Gasteiger partial charge in [0.1, 0.15) is 5.52 Å². The Morgan fingerprint density at radius 2 is 2.05 bits per heavy atom. The van der Waals surface area contributed by atoms with Gasteiger partial charge in [0.25, 0.3) is 0 Å². The van der Waals surface area contributed by atoms with Crippen molar-refractivity contribution in [2.45, 2.75) is 0 Å². The zero-order valence-electron chi connectivity index (χ0n) is 10.7. The number of aromatic amines is 1. The second kappa shape index (κ2) is 4.68. The Labute approximate surface area is 124 Å². The lowest BCUT2D eigenvalue weighted by Crippen LogP contribution is -1.98. The van der Waals surface area contributed by atoms with E-state index in [0.717, 1.165) is 16.6 Å². The third-order valence-corrected chi connectivity index (χ3v) is 3.36. The topological polar surface area (TPSA) is 79.4 Å². The highest BCUT2D eigenvalue weighted by atomic mass is 35.5. The van der Waals surface area contributed by atoms with Crippen LogP contribution in [0.25, 0.3) is 22.1 Å². The molecule has 0 aliphatic heterocycles. The fraction of sp³-hybridized carbons (Fsp3) is 0. The molecule has 0 saturated carbocycles. The first-order chi connectivity index (χ1) is 10.3. The Morgan fingerprint density at radius 1 is 1.10 bits per heavy atom. The summed E-state index contributed by atoms with van der Waals surface area (Å²) in [6, 6.07) is 9.74. The minimum absolute atomic E-state index is 0.311. The molecule has 21 heavy (non-hydrogen) atoms. The van der Waals surface area contributed by atoms with Crippen molar-refractivity contribution in [1.29, 1.82) is 0 Å². The average molecular weight is 297 g/mol. The van der Waals surface area contributed by atoms with Crippen LogP contribution in [0.15, 0.2) is 42.9 Å². The molecule has 3 heterocycles. The monoisotopic (exact) mass is 296 g/mol. The third-order valence-electron chi connectivity index (χ3n) is 3.10. The van der Waals surface area contributed by atoms with Gasteiger partial charge in [-0.1, -0.05) is 17.7 Å². The fourth-order valence-corrected chi connectivity index (χ4v) is 2.36. The molecular formula is C14H9ClN6. The van der Waals surface area contributed by atoms with E-state index in [0.29, 0.717) is 22.3 Å². The molecule has 102 valence electrons. The molecule has 0 bridgehead atoms. The molecule has 3 aromatic heterocycles. The average Bonchev–Trinajstić information content (AvgIpc) is 2.96. The van der Waals surface area contributed by atoms with E-state index in [9.17, 15) is 0 Å². The summed E-state index contributed by atoms with van der Waals surface area (Å²) >= 11 is 6.08. The molecule has 2 N–H and O–H groups in total. The first-order valence-corrected chi connectivity index (χ1v) is 6.66. The highest BCUT2D eigenvalue weighted by molar-refractivity contribution is 6.33. The second-order valence-corrected chi connectivity index (χ2v) is 4.83. The number of hydrogen-bond acceptors (Lipinski definition) is 5. The number of hydrogen-bond donors (Lipinski definition) is 2. The smallest absolute Gasteiger partial charge is 0.230 e. The van der Waals surface area contributed by atoms with Crippen LogP contribution in [-0.4, -0.2) is 24.9 Å². The van der Waals surface area contributed by atoms with Crippen molar-refractivity contribution in [1.82, 2.24) is 24.9 Å². The lowest BCUT2D eigenvalue weighted by molar-refractivity contribution is 1.19. The number of fused-ring (bicyclic) bond motifs is 2. The Bertz CT molecular complexity index is 948. The summed E-state index contributed by atoms with van der Waals surface area (Å²) < 4.78 is 0. The molecule has 0 atom stereocenters. The molecule has 7 heteroatoms. The van der Waals surface area contributed by atoms with Crippen molar-refractivity contribution >= 4 is 45.3 Å². The zero-order valence-corrected chi connectivity index (χ0v) is 11.5. The van der Waals surface area contributed by atoms with Crippen molar-refractivity contribution < 1.29 is 0 Å². The Hall–Kier alpha value is -2.73. The molecular weight excluding hydrogens is 288 g/mol. The molecule has 0 unspecified atom stereocenters. The van der Waals surface area contributed by atoms with E-state index in [1.54, 1.807) is 6.20 Å². The first kappa shape index (κ1) is 12.0. The van der Waals surface area contributed by atoms with E-state index >= 15 is 0 Å². The van der Waals surface area contributed by atoms with E-state index in [-0.39, 0.29) is 0 Å². The maximum absolute atomic E-state index is 6.08. The molecule has 0 fully saturated rings. The molecule has 0 radical (unpaired) electrons. The number of imidazole rings is 1. The molecule has 0 aliphatic carbocycles. The number of anilines is 2. The Kier molecular flexibility index (Phi) is 2.68. The molecule has 0 spiro atoms. The Morgan fingerprint density at radius 3 is 3.00 bits per heavy atom. The van der Waals surface area contributed by atoms with Gasteiger partial charge in [-0.3, -0.25) is 4.98 Å². The normalized spacial score (nSPS) is 11.1. The molecule has 4 rings (SSSR count). The van der Waals surface area contributed by atoms with Crippen LogP contribution in [0, 0.1) is 0 Å². The molecule has 6 nitrogen and oxygen atoms in total. The largest absolute Gasteiger partial charge is 0.329 e. The summed E-state index contributed by atoms with van der Waals surface area (Å²) in [5.74, 6) is 0.417. The Balaban J connectivity index is 1.75. The van der Waals surface area contributed by atoms with Crippen molar-refractivity contribution in [2.75, 3.05) is 5.32 Å². The van der Waals surface area contributed by atoms with Gasteiger partial charge >= 0.3 is 0 Å². The van der Waals surface area contributed by atoms with E-state index in [2.05, 4.69) is 30.2 Å². The predicted molar refractivity (Wildman–Crippen MR) is 81.7 cm³/mol. The standard InChI is InChI=1S/C14H9ClN6/c15-12-11-13(18-7-17-11)21-14(20-12)19-9-3-4-10-8(6-9)2-1-5-16-10/h1-7H,(H2,17,18,19,20,21). The highest BCUT2D eigenvalue weighted by Crippen LogP contribution is 2.22. The maximum Gasteiger partial charge on any atom is 0.230 e. The predicted octanol–water partition coefficient (Wildman–Crippen LogP) is 3.30. The van der Waals surface area contributed by atoms with Crippen LogP contribution in [-0.2, 0) is 0 Å². The number of nitrogens with one attached hydrogen (secondary N) is 2. The molecule has 0 amide bonds. The second-order valence-electron chi connectivity index (χ2n) is 4.47. The van der Waals surface area contributed by atoms with Gasteiger partial charge in [0.15, 0.2) is 10.8 Å². The van der Waals surface area contributed by atoms with Crippen molar-refractivity contribution in [2.24, 2.45) is 0 Å². The van der Waals surface area contributed by atoms with Gasteiger partial charge in [0, 0.05) is 17.3 Å². The number of halogens is 1. The molecule has 0 saturated heterocycles. The van der Waals surface area contributed by atoms with Crippen LogP contribution >= 0.6 is 11.6 Å². The quantitative estimate of drug-likeness (QED) is 0.555. The first-order valence-electron chi connectivity index (χ1n) is 6.28. The lowest BCUT2D eigenvalue weighted by atomic mass is 10.2. The van der Waals surface area contributed by atoms with Gasteiger partial charge in [0.05, 0.1) is 11.8 Å². The minimum Gasteiger partial charge on any atom is -0.329 e. The van der Waals surface area contributed by atoms with Crippen LogP contribution in [0.1, 0.15) is 0 Å². The van der Waals surface area contributed by atoms with Crippen molar-refractivity contribution in [3.8, 4) is 0 Å². The molecule has 0 aliphatic rings. The van der Waals surface area contributed by atoms with E-state index in [4.69, 9.17) is 11.6 Å². The van der Waals surface area contributed by atoms with Gasteiger partial charge < -0.3 is 10.3 Å². The number of H-pyrrole nitrogens is 1. The van der Waals surface area contributed by atoms with Crippen LogP contribution < -0.4 is 5.32 Å². The van der Waals surface area contributed by atoms with E-state index < -0.39 is 0 Å². The summed E-state index contributed by atoms with van der Waals surface area (Å²) in [6.45, 7) is 0. The van der Waals surface area contributed by atoms with Gasteiger partial charge in [-0.2, -0.15) is 9.97 Å². The summed E-state index contributed by atoms with van der Waals surface area (Å²) in [5.41, 5.74) is 2.96. The van der Waals surface area contributed by atoms with Crippen LogP contribution in [0.2, 0.25) is 5.15 Å². The molecule has 4 aromatic rings. The number of aromatic nitrogens is 5. The van der Waals surface area contributed by atoms with E-state index in [1.807, 2.05) is 30.3 Å². The number of pyridine rings is 1. The van der Waals surface area contributed by atoms with E-state index in [1.165, 1.54) is 6.33 Å². The van der Waals surface area contributed by atoms with Gasteiger partial charge in [0.2, 0.25) is 5.95 Å². The van der Waals surface area contributed by atoms with Crippen LogP contribution in [0.4, 0.5) is 11.6 Å². The fourth-order valence-electron chi connectivity index (χ4n) is 2.14. The summed E-state index contributed by atoms with van der Waals surface area (Å²) in [4.78, 5) is 19.8. The minimum atomic E-state index is 0.311. The van der Waals surface area contributed by atoms with Crippen LogP contribution in [0.5, 0.6) is 0 Å². The summed E-state index contributed by atoms with van der Waals surface area (Å²) in [6.07, 6.45) is 3.31. The van der Waals surface area contributed by atoms with Crippen molar-refractivity contribution in [3.63, 3.8) is 0 Å². The van der Waals surface area contributed by atoms with Gasteiger partial charge in [-0.25, -0.2) is 4.98 Å². The number of nitrogens with zero attached hydrogens (tertiary/aromatic N) is 4. The van der Waals surface area contributed by atoms with Gasteiger partial charge in [-0.15, -0.1) is 0 Å². The third kappa shape index (κ3) is 2.15. The molecule has 1 aromatic carbocycles.